The molecule has 0 aliphatic carbocycles. The predicted molar refractivity (Wildman–Crippen MR) is 59.5 cm³/mol. The lowest BCUT2D eigenvalue weighted by Gasteiger charge is -2.05. The number of anilines is 1. The van der Waals surface area contributed by atoms with Crippen LogP contribution in [-0.4, -0.2) is 20.1 Å². The van der Waals surface area contributed by atoms with E-state index in [1.54, 1.807) is 24.7 Å². The van der Waals surface area contributed by atoms with Gasteiger partial charge in [0.05, 0.1) is 12.3 Å². The van der Waals surface area contributed by atoms with Crippen LogP contribution in [0, 0.1) is 0 Å². The number of nitrogens with zero attached hydrogens (tertiary/aromatic N) is 3. The highest BCUT2D eigenvalue weighted by Crippen LogP contribution is 2.03. The Balaban J connectivity index is 1.99. The van der Waals surface area contributed by atoms with Gasteiger partial charge in [-0.15, -0.1) is 0 Å². The van der Waals surface area contributed by atoms with Crippen molar-refractivity contribution < 1.29 is 5.11 Å². The summed E-state index contributed by atoms with van der Waals surface area (Å²) in [6.07, 6.45) is 5.09. The van der Waals surface area contributed by atoms with Gasteiger partial charge in [0, 0.05) is 25.1 Å². The van der Waals surface area contributed by atoms with Gasteiger partial charge in [-0.3, -0.25) is 4.98 Å². The first-order chi connectivity index (χ1) is 7.88. The van der Waals surface area contributed by atoms with Gasteiger partial charge in [0.1, 0.15) is 0 Å². The van der Waals surface area contributed by atoms with E-state index in [0.717, 1.165) is 5.56 Å². The van der Waals surface area contributed by atoms with Gasteiger partial charge in [-0.05, 0) is 23.8 Å². The number of hydrogen-bond donors (Lipinski definition) is 2. The summed E-state index contributed by atoms with van der Waals surface area (Å²) >= 11 is 0. The largest absolute Gasteiger partial charge is 0.390 e. The molecule has 16 heavy (non-hydrogen) atoms. The van der Waals surface area contributed by atoms with E-state index in [1.807, 2.05) is 12.1 Å². The van der Waals surface area contributed by atoms with Crippen molar-refractivity contribution >= 4 is 5.95 Å². The molecule has 0 fully saturated rings. The van der Waals surface area contributed by atoms with Gasteiger partial charge in [-0.2, -0.15) is 0 Å². The third-order valence-electron chi connectivity index (χ3n) is 2.08. The molecule has 0 saturated carbocycles. The molecule has 0 aliphatic rings. The highest BCUT2D eigenvalue weighted by Gasteiger charge is 1.98. The minimum atomic E-state index is -0.0769. The molecular formula is C11H12N4O. The van der Waals surface area contributed by atoms with E-state index >= 15 is 0 Å². The second kappa shape index (κ2) is 5.18. The highest BCUT2D eigenvalue weighted by atomic mass is 16.3. The highest BCUT2D eigenvalue weighted by molar-refractivity contribution is 5.27. The molecule has 2 aromatic rings. The van der Waals surface area contributed by atoms with E-state index in [-0.39, 0.29) is 6.61 Å². The maximum atomic E-state index is 8.92. The fraction of sp³-hybridized carbons (Fsp3) is 0.182. The average Bonchev–Trinajstić information content (AvgIpc) is 2.38. The van der Waals surface area contributed by atoms with Crippen LogP contribution >= 0.6 is 0 Å². The standard InChI is InChI=1S/C11H12N4O/c16-8-10-3-6-13-11(15-10)14-7-9-1-4-12-5-2-9/h1-6,16H,7-8H2,(H,13,14,15). The monoisotopic (exact) mass is 216 g/mol. The predicted octanol–water partition coefficient (Wildman–Crippen LogP) is 0.976. The van der Waals surface area contributed by atoms with Gasteiger partial charge in [0.25, 0.3) is 0 Å². The molecule has 0 aliphatic heterocycles. The lowest BCUT2D eigenvalue weighted by molar-refractivity contribution is 0.277. The van der Waals surface area contributed by atoms with Crippen molar-refractivity contribution in [2.45, 2.75) is 13.2 Å². The van der Waals surface area contributed by atoms with Gasteiger partial charge in [0.15, 0.2) is 0 Å². The minimum Gasteiger partial charge on any atom is -0.390 e. The Morgan fingerprint density at radius 2 is 1.94 bits per heavy atom. The fourth-order valence-electron chi connectivity index (χ4n) is 1.25. The Morgan fingerprint density at radius 1 is 1.12 bits per heavy atom. The first kappa shape index (κ1) is 10.5. The van der Waals surface area contributed by atoms with Crippen molar-refractivity contribution in [3.63, 3.8) is 0 Å². The Kier molecular flexibility index (Phi) is 3.40. The molecule has 0 radical (unpaired) electrons. The van der Waals surface area contributed by atoms with Gasteiger partial charge >= 0.3 is 0 Å². The van der Waals surface area contributed by atoms with Gasteiger partial charge in [-0.25, -0.2) is 9.97 Å². The van der Waals surface area contributed by atoms with Crippen LogP contribution in [0.4, 0.5) is 5.95 Å². The first-order valence-corrected chi connectivity index (χ1v) is 4.94. The Hall–Kier alpha value is -2.01. The van der Waals surface area contributed by atoms with Gasteiger partial charge in [0.2, 0.25) is 5.95 Å². The van der Waals surface area contributed by atoms with Crippen molar-refractivity contribution in [3.8, 4) is 0 Å². The molecule has 2 aromatic heterocycles. The maximum absolute atomic E-state index is 8.92. The van der Waals surface area contributed by atoms with E-state index in [9.17, 15) is 0 Å². The number of nitrogens with one attached hydrogen (secondary N) is 1. The van der Waals surface area contributed by atoms with Crippen molar-refractivity contribution in [1.82, 2.24) is 15.0 Å². The first-order valence-electron chi connectivity index (χ1n) is 4.94. The van der Waals surface area contributed by atoms with Crippen LogP contribution in [0.25, 0.3) is 0 Å². The molecule has 82 valence electrons. The zero-order valence-corrected chi connectivity index (χ0v) is 8.67. The van der Waals surface area contributed by atoms with Crippen LogP contribution in [-0.2, 0) is 13.2 Å². The minimum absolute atomic E-state index is 0.0769. The molecule has 0 bridgehead atoms. The zero-order valence-electron chi connectivity index (χ0n) is 8.67. The molecule has 5 heteroatoms. The molecule has 0 spiro atoms. The second-order valence-corrected chi connectivity index (χ2v) is 3.24. The van der Waals surface area contributed by atoms with Crippen molar-refractivity contribution in [3.05, 3.63) is 48.0 Å². The number of rotatable bonds is 4. The number of aliphatic hydroxyl groups excluding tert-OH is 1. The zero-order chi connectivity index (χ0) is 11.2. The molecule has 0 atom stereocenters. The summed E-state index contributed by atoms with van der Waals surface area (Å²) in [5.41, 5.74) is 1.71. The van der Waals surface area contributed by atoms with E-state index in [4.69, 9.17) is 5.11 Å². The number of hydrogen-bond acceptors (Lipinski definition) is 5. The van der Waals surface area contributed by atoms with Crippen LogP contribution in [0.1, 0.15) is 11.3 Å². The van der Waals surface area contributed by atoms with Crippen molar-refractivity contribution in [2.24, 2.45) is 0 Å². The molecule has 0 saturated heterocycles. The fourth-order valence-corrected chi connectivity index (χ4v) is 1.25. The quantitative estimate of drug-likeness (QED) is 0.797. The molecule has 0 amide bonds. The smallest absolute Gasteiger partial charge is 0.223 e. The summed E-state index contributed by atoms with van der Waals surface area (Å²) in [6.45, 7) is 0.559. The summed E-state index contributed by atoms with van der Waals surface area (Å²) in [7, 11) is 0. The maximum Gasteiger partial charge on any atom is 0.223 e. The van der Waals surface area contributed by atoms with Gasteiger partial charge < -0.3 is 10.4 Å². The summed E-state index contributed by atoms with van der Waals surface area (Å²) < 4.78 is 0. The Morgan fingerprint density at radius 3 is 2.69 bits per heavy atom. The molecule has 2 heterocycles. The molecule has 0 unspecified atom stereocenters. The summed E-state index contributed by atoms with van der Waals surface area (Å²) in [5, 5.41) is 12.0. The molecule has 2 rings (SSSR count). The van der Waals surface area contributed by atoms with Crippen LogP contribution in [0.2, 0.25) is 0 Å². The Labute approximate surface area is 93.2 Å². The number of pyridine rings is 1. The SMILES string of the molecule is OCc1ccnc(NCc2ccncc2)n1. The van der Waals surface area contributed by atoms with E-state index in [0.29, 0.717) is 18.2 Å². The third kappa shape index (κ3) is 2.74. The van der Waals surface area contributed by atoms with E-state index in [2.05, 4.69) is 20.3 Å². The van der Waals surface area contributed by atoms with Crippen LogP contribution in [0.3, 0.4) is 0 Å². The summed E-state index contributed by atoms with van der Waals surface area (Å²) in [6, 6.07) is 5.52. The summed E-state index contributed by atoms with van der Waals surface area (Å²) in [5.74, 6) is 0.517. The van der Waals surface area contributed by atoms with Crippen molar-refractivity contribution in [2.75, 3.05) is 5.32 Å². The van der Waals surface area contributed by atoms with Crippen LogP contribution in [0.15, 0.2) is 36.8 Å². The molecule has 5 nitrogen and oxygen atoms in total. The third-order valence-corrected chi connectivity index (χ3v) is 2.08. The number of aromatic nitrogens is 3. The molecular weight excluding hydrogens is 204 g/mol. The lowest BCUT2D eigenvalue weighted by Crippen LogP contribution is -2.04. The topological polar surface area (TPSA) is 70.9 Å². The lowest BCUT2D eigenvalue weighted by atomic mass is 10.3. The molecule has 2 N–H and O–H groups in total. The van der Waals surface area contributed by atoms with Crippen molar-refractivity contribution in [1.29, 1.82) is 0 Å². The average molecular weight is 216 g/mol. The van der Waals surface area contributed by atoms with Crippen LogP contribution < -0.4 is 5.32 Å². The second-order valence-electron chi connectivity index (χ2n) is 3.24. The van der Waals surface area contributed by atoms with E-state index < -0.39 is 0 Å². The molecule has 0 aromatic carbocycles. The summed E-state index contributed by atoms with van der Waals surface area (Å²) in [4.78, 5) is 12.1. The normalized spacial score (nSPS) is 10.1. The number of aliphatic hydroxyl groups is 1. The van der Waals surface area contributed by atoms with Gasteiger partial charge in [-0.1, -0.05) is 0 Å². The Bertz CT molecular complexity index is 447. The van der Waals surface area contributed by atoms with E-state index in [1.165, 1.54) is 0 Å². The van der Waals surface area contributed by atoms with Crippen LogP contribution in [0.5, 0.6) is 0 Å².